The second-order valence-electron chi connectivity index (χ2n) is 4.58. The fraction of sp³-hybridized carbons (Fsp3) is 0.417. The molecule has 102 valence electrons. The maximum atomic E-state index is 12.3. The van der Waals surface area contributed by atoms with Crippen molar-refractivity contribution in [2.45, 2.75) is 18.4 Å². The van der Waals surface area contributed by atoms with E-state index in [2.05, 4.69) is 4.98 Å². The van der Waals surface area contributed by atoms with Crippen LogP contribution in [0.5, 0.6) is 0 Å². The largest absolute Gasteiger partial charge is 0.378 e. The van der Waals surface area contributed by atoms with E-state index in [1.165, 1.54) is 23.4 Å². The van der Waals surface area contributed by atoms with E-state index < -0.39 is 11.5 Å². The summed E-state index contributed by atoms with van der Waals surface area (Å²) >= 11 is 5.91. The van der Waals surface area contributed by atoms with E-state index in [-0.39, 0.29) is 23.9 Å². The zero-order chi connectivity index (χ0) is 14.0. The summed E-state index contributed by atoms with van der Waals surface area (Å²) in [4.78, 5) is 28.7. The van der Waals surface area contributed by atoms with Crippen molar-refractivity contribution in [2.24, 2.45) is 5.73 Å². The fourth-order valence-electron chi connectivity index (χ4n) is 2.13. The van der Waals surface area contributed by atoms with Gasteiger partial charge in [0.25, 0.3) is 11.8 Å². The van der Waals surface area contributed by atoms with Gasteiger partial charge in [-0.25, -0.2) is 0 Å². The van der Waals surface area contributed by atoms with E-state index in [1.54, 1.807) is 0 Å². The Bertz CT molecular complexity index is 523. The summed E-state index contributed by atoms with van der Waals surface area (Å²) in [7, 11) is 0. The molecule has 19 heavy (non-hydrogen) atoms. The number of carbonyl (C=O) groups is 2. The second kappa shape index (κ2) is 5.14. The van der Waals surface area contributed by atoms with Crippen molar-refractivity contribution >= 4 is 23.4 Å². The molecule has 2 heterocycles. The minimum atomic E-state index is -1.66. The van der Waals surface area contributed by atoms with Crippen LogP contribution >= 0.6 is 11.6 Å². The van der Waals surface area contributed by atoms with Crippen LogP contribution in [0, 0.1) is 0 Å². The Morgan fingerprint density at radius 1 is 1.53 bits per heavy atom. The number of aliphatic hydroxyl groups is 1. The molecule has 1 aromatic rings. The van der Waals surface area contributed by atoms with Gasteiger partial charge in [0.1, 0.15) is 0 Å². The van der Waals surface area contributed by atoms with Crippen molar-refractivity contribution in [3.8, 4) is 0 Å². The first kappa shape index (κ1) is 13.8. The third kappa shape index (κ3) is 2.69. The van der Waals surface area contributed by atoms with Gasteiger partial charge in [-0.3, -0.25) is 14.6 Å². The molecule has 3 N–H and O–H groups in total. The van der Waals surface area contributed by atoms with E-state index in [9.17, 15) is 14.7 Å². The Kier molecular flexibility index (Phi) is 3.73. The number of nitrogens with zero attached hydrogens (tertiary/aromatic N) is 2. The number of amides is 2. The van der Waals surface area contributed by atoms with Crippen molar-refractivity contribution in [1.29, 1.82) is 0 Å². The number of rotatable bonds is 2. The summed E-state index contributed by atoms with van der Waals surface area (Å²) in [5, 5.41) is 10.3. The van der Waals surface area contributed by atoms with Crippen molar-refractivity contribution in [3.63, 3.8) is 0 Å². The van der Waals surface area contributed by atoms with Gasteiger partial charge in [-0.15, -0.1) is 0 Å². The van der Waals surface area contributed by atoms with Crippen LogP contribution in [0.1, 0.15) is 23.2 Å². The molecule has 0 aromatic carbocycles. The van der Waals surface area contributed by atoms with Gasteiger partial charge in [-0.05, 0) is 18.9 Å². The van der Waals surface area contributed by atoms with Crippen LogP contribution in [-0.4, -0.2) is 45.5 Å². The Labute approximate surface area is 115 Å². The number of likely N-dealkylation sites (tertiary alicyclic amines) is 1. The van der Waals surface area contributed by atoms with Gasteiger partial charge < -0.3 is 15.7 Å². The maximum Gasteiger partial charge on any atom is 0.255 e. The lowest BCUT2D eigenvalue weighted by Gasteiger charge is -2.37. The molecule has 7 heteroatoms. The monoisotopic (exact) mass is 283 g/mol. The molecule has 1 atom stereocenters. The lowest BCUT2D eigenvalue weighted by molar-refractivity contribution is -0.140. The van der Waals surface area contributed by atoms with Crippen molar-refractivity contribution in [2.75, 3.05) is 13.1 Å². The molecule has 1 aliphatic heterocycles. The number of nitrogens with two attached hydrogens (primary N) is 1. The highest BCUT2D eigenvalue weighted by molar-refractivity contribution is 6.33. The van der Waals surface area contributed by atoms with Gasteiger partial charge in [0.05, 0.1) is 17.1 Å². The van der Waals surface area contributed by atoms with Crippen LogP contribution in [0.15, 0.2) is 18.5 Å². The molecule has 1 aliphatic rings. The number of aromatic nitrogens is 1. The van der Waals surface area contributed by atoms with E-state index in [4.69, 9.17) is 17.3 Å². The summed E-state index contributed by atoms with van der Waals surface area (Å²) in [6, 6.07) is 1.50. The third-order valence-electron chi connectivity index (χ3n) is 3.22. The van der Waals surface area contributed by atoms with Crippen molar-refractivity contribution in [1.82, 2.24) is 9.88 Å². The van der Waals surface area contributed by atoms with Crippen LogP contribution in [0.25, 0.3) is 0 Å². The van der Waals surface area contributed by atoms with Crippen LogP contribution < -0.4 is 5.73 Å². The van der Waals surface area contributed by atoms with Gasteiger partial charge in [0.2, 0.25) is 0 Å². The Morgan fingerprint density at radius 3 is 2.89 bits per heavy atom. The number of halogens is 1. The molecule has 2 rings (SSSR count). The first-order chi connectivity index (χ1) is 8.94. The number of piperidine rings is 1. The number of β-amino-alcohol motifs (C(OH)–C–C–N with tert-alkyl or cyclic N) is 1. The van der Waals surface area contributed by atoms with Crippen LogP contribution in [0.4, 0.5) is 0 Å². The molecule has 0 saturated carbocycles. The van der Waals surface area contributed by atoms with Crippen LogP contribution in [0.2, 0.25) is 5.02 Å². The third-order valence-corrected chi connectivity index (χ3v) is 3.52. The molecular weight excluding hydrogens is 270 g/mol. The Balaban J connectivity index is 2.21. The second-order valence-corrected chi connectivity index (χ2v) is 4.99. The van der Waals surface area contributed by atoms with E-state index in [0.717, 1.165) is 0 Å². The van der Waals surface area contributed by atoms with Crippen molar-refractivity contribution in [3.05, 3.63) is 29.0 Å². The zero-order valence-electron chi connectivity index (χ0n) is 10.2. The topological polar surface area (TPSA) is 96.5 Å². The average molecular weight is 284 g/mol. The summed E-state index contributed by atoms with van der Waals surface area (Å²) in [5.74, 6) is -1.15. The predicted molar refractivity (Wildman–Crippen MR) is 68.5 cm³/mol. The Hall–Kier alpha value is -1.66. The number of pyridine rings is 1. The number of hydrogen-bond donors (Lipinski definition) is 2. The molecule has 1 aromatic heterocycles. The fourth-order valence-corrected chi connectivity index (χ4v) is 2.33. The predicted octanol–water partition coefficient (Wildman–Crippen LogP) is 0.187. The molecule has 1 saturated heterocycles. The first-order valence-corrected chi connectivity index (χ1v) is 6.23. The quantitative estimate of drug-likeness (QED) is 0.809. The molecule has 6 nitrogen and oxygen atoms in total. The summed E-state index contributed by atoms with van der Waals surface area (Å²) in [5.41, 5.74) is 3.81. The summed E-state index contributed by atoms with van der Waals surface area (Å²) in [6.07, 6.45) is 3.60. The number of hydrogen-bond acceptors (Lipinski definition) is 4. The highest BCUT2D eigenvalue weighted by Gasteiger charge is 2.40. The Morgan fingerprint density at radius 2 is 2.26 bits per heavy atom. The van der Waals surface area contributed by atoms with Crippen LogP contribution in [-0.2, 0) is 4.79 Å². The normalized spacial score (nSPS) is 23.2. The summed E-state index contributed by atoms with van der Waals surface area (Å²) in [6.45, 7) is 0.340. The summed E-state index contributed by atoms with van der Waals surface area (Å²) < 4.78 is 0. The smallest absolute Gasteiger partial charge is 0.255 e. The maximum absolute atomic E-state index is 12.3. The van der Waals surface area contributed by atoms with Crippen LogP contribution in [0.3, 0.4) is 0 Å². The molecule has 0 unspecified atom stereocenters. The lowest BCUT2D eigenvalue weighted by atomic mass is 9.92. The van der Waals surface area contributed by atoms with Gasteiger partial charge in [-0.1, -0.05) is 11.6 Å². The van der Waals surface area contributed by atoms with Gasteiger partial charge in [0.15, 0.2) is 5.60 Å². The molecule has 0 spiro atoms. The number of primary amides is 1. The molecule has 0 radical (unpaired) electrons. The molecule has 0 bridgehead atoms. The highest BCUT2D eigenvalue weighted by atomic mass is 35.5. The molecule has 1 fully saturated rings. The SMILES string of the molecule is NC(=O)[C@@]1(O)CCCN(C(=O)c2ccncc2Cl)C1. The lowest BCUT2D eigenvalue weighted by Crippen LogP contribution is -2.57. The molecule has 0 aliphatic carbocycles. The minimum Gasteiger partial charge on any atom is -0.378 e. The standard InChI is InChI=1S/C12H14ClN3O3/c13-9-6-15-4-2-8(9)10(17)16-5-1-3-12(19,7-16)11(14)18/h2,4,6,19H,1,3,5,7H2,(H2,14,18)/t12-/m1/s1. The van der Waals surface area contributed by atoms with Crippen molar-refractivity contribution < 1.29 is 14.7 Å². The van der Waals surface area contributed by atoms with E-state index in [1.807, 2.05) is 0 Å². The van der Waals surface area contributed by atoms with Gasteiger partial charge in [0, 0.05) is 18.9 Å². The van der Waals surface area contributed by atoms with E-state index >= 15 is 0 Å². The minimum absolute atomic E-state index is 0.111. The first-order valence-electron chi connectivity index (χ1n) is 5.85. The number of carbonyl (C=O) groups excluding carboxylic acids is 2. The van der Waals surface area contributed by atoms with Gasteiger partial charge >= 0.3 is 0 Å². The van der Waals surface area contributed by atoms with Gasteiger partial charge in [-0.2, -0.15) is 0 Å². The zero-order valence-corrected chi connectivity index (χ0v) is 10.9. The molecule has 2 amide bonds. The van der Waals surface area contributed by atoms with E-state index in [0.29, 0.717) is 18.5 Å². The molecular formula is C12H14ClN3O3. The average Bonchev–Trinajstić information content (AvgIpc) is 2.38. The highest BCUT2D eigenvalue weighted by Crippen LogP contribution is 2.24.